The van der Waals surface area contributed by atoms with Gasteiger partial charge in [0.25, 0.3) is 0 Å². The molecular formula is C15H19NO3. The number of aliphatic carboxylic acids is 1. The summed E-state index contributed by atoms with van der Waals surface area (Å²) in [4.78, 5) is 15.0. The SMILES string of the molecule is COCCC(C)(C(=O)O)c1c(C)[nH]c2ccccc12. The average Bonchev–Trinajstić information content (AvgIpc) is 2.72. The molecule has 2 rings (SSSR count). The highest BCUT2D eigenvalue weighted by Gasteiger charge is 2.38. The predicted octanol–water partition coefficient (Wildman–Crippen LogP) is 2.86. The number of para-hydroxylation sites is 1. The van der Waals surface area contributed by atoms with E-state index in [-0.39, 0.29) is 0 Å². The minimum atomic E-state index is -0.945. The summed E-state index contributed by atoms with van der Waals surface area (Å²) >= 11 is 0. The van der Waals surface area contributed by atoms with Crippen molar-refractivity contribution in [2.75, 3.05) is 13.7 Å². The summed E-state index contributed by atoms with van der Waals surface area (Å²) in [7, 11) is 1.59. The molecule has 0 spiro atoms. The van der Waals surface area contributed by atoms with E-state index in [1.807, 2.05) is 31.2 Å². The number of ether oxygens (including phenoxy) is 1. The fourth-order valence-corrected chi connectivity index (χ4v) is 2.63. The van der Waals surface area contributed by atoms with Gasteiger partial charge in [0, 0.05) is 30.3 Å². The van der Waals surface area contributed by atoms with Gasteiger partial charge in [0.15, 0.2) is 0 Å². The minimum Gasteiger partial charge on any atom is -0.481 e. The lowest BCUT2D eigenvalue weighted by molar-refractivity contribution is -0.143. The van der Waals surface area contributed by atoms with Crippen LogP contribution in [-0.2, 0) is 14.9 Å². The molecule has 1 atom stereocenters. The maximum Gasteiger partial charge on any atom is 0.314 e. The standard InChI is InChI=1S/C15H19NO3/c1-10-13(11-6-4-5-7-12(11)16-10)15(2,14(17)18)8-9-19-3/h4-7,16H,8-9H2,1-3H3,(H,17,18). The molecule has 102 valence electrons. The fourth-order valence-electron chi connectivity index (χ4n) is 2.63. The van der Waals surface area contributed by atoms with Crippen molar-refractivity contribution in [3.63, 3.8) is 0 Å². The third kappa shape index (κ3) is 2.24. The van der Waals surface area contributed by atoms with Crippen LogP contribution in [0.15, 0.2) is 24.3 Å². The topological polar surface area (TPSA) is 62.3 Å². The first kappa shape index (κ1) is 13.6. The summed E-state index contributed by atoms with van der Waals surface area (Å²) in [6.45, 7) is 4.10. The van der Waals surface area contributed by atoms with Gasteiger partial charge in [-0.15, -0.1) is 0 Å². The highest BCUT2D eigenvalue weighted by molar-refractivity contribution is 5.93. The minimum absolute atomic E-state index is 0.418. The smallest absolute Gasteiger partial charge is 0.314 e. The predicted molar refractivity (Wildman–Crippen MR) is 74.5 cm³/mol. The van der Waals surface area contributed by atoms with E-state index in [0.717, 1.165) is 22.2 Å². The number of hydrogen-bond acceptors (Lipinski definition) is 2. The Balaban J connectivity index is 2.62. The van der Waals surface area contributed by atoms with Crippen molar-refractivity contribution >= 4 is 16.9 Å². The van der Waals surface area contributed by atoms with E-state index in [4.69, 9.17) is 4.74 Å². The van der Waals surface area contributed by atoms with Crippen LogP contribution in [0.4, 0.5) is 0 Å². The van der Waals surface area contributed by atoms with Gasteiger partial charge in [0.1, 0.15) is 0 Å². The van der Waals surface area contributed by atoms with Gasteiger partial charge in [0.05, 0.1) is 5.41 Å². The Morgan fingerprint density at radius 3 is 2.74 bits per heavy atom. The molecule has 2 aromatic rings. The molecule has 1 aromatic heterocycles. The normalized spacial score (nSPS) is 14.5. The van der Waals surface area contributed by atoms with E-state index < -0.39 is 11.4 Å². The van der Waals surface area contributed by atoms with Crippen molar-refractivity contribution in [2.45, 2.75) is 25.7 Å². The molecular weight excluding hydrogens is 242 g/mol. The molecule has 0 fully saturated rings. The highest BCUT2D eigenvalue weighted by atomic mass is 16.5. The first-order valence-electron chi connectivity index (χ1n) is 6.31. The molecule has 4 nitrogen and oxygen atoms in total. The van der Waals surface area contributed by atoms with E-state index in [2.05, 4.69) is 4.98 Å². The average molecular weight is 261 g/mol. The summed E-state index contributed by atoms with van der Waals surface area (Å²) in [6, 6.07) is 7.79. The van der Waals surface area contributed by atoms with Gasteiger partial charge in [-0.3, -0.25) is 4.79 Å². The number of aromatic amines is 1. The van der Waals surface area contributed by atoms with Gasteiger partial charge in [-0.1, -0.05) is 18.2 Å². The number of H-pyrrole nitrogens is 1. The molecule has 0 amide bonds. The molecule has 2 N–H and O–H groups in total. The van der Waals surface area contributed by atoms with Crippen molar-refractivity contribution < 1.29 is 14.6 Å². The molecule has 0 aliphatic carbocycles. The molecule has 0 bridgehead atoms. The number of carbonyl (C=O) groups is 1. The van der Waals surface area contributed by atoms with Crippen molar-refractivity contribution in [1.82, 2.24) is 4.98 Å². The summed E-state index contributed by atoms with van der Waals surface area (Å²) in [6.07, 6.45) is 0.446. The molecule has 1 heterocycles. The van der Waals surface area contributed by atoms with Crippen molar-refractivity contribution in [3.05, 3.63) is 35.5 Å². The molecule has 0 aliphatic heterocycles. The number of carboxylic acid groups (broad SMARTS) is 1. The Morgan fingerprint density at radius 1 is 1.42 bits per heavy atom. The van der Waals surface area contributed by atoms with Crippen LogP contribution in [0, 0.1) is 6.92 Å². The van der Waals surface area contributed by atoms with Crippen LogP contribution in [0.1, 0.15) is 24.6 Å². The van der Waals surface area contributed by atoms with Gasteiger partial charge < -0.3 is 14.8 Å². The number of benzene rings is 1. The number of hydrogen-bond donors (Lipinski definition) is 2. The Labute approximate surface area is 112 Å². The molecule has 0 saturated carbocycles. The van der Waals surface area contributed by atoms with E-state index in [1.165, 1.54) is 0 Å². The third-order valence-corrected chi connectivity index (χ3v) is 3.72. The van der Waals surface area contributed by atoms with Crippen molar-refractivity contribution in [3.8, 4) is 0 Å². The highest BCUT2D eigenvalue weighted by Crippen LogP contribution is 2.36. The zero-order chi connectivity index (χ0) is 14.0. The third-order valence-electron chi connectivity index (χ3n) is 3.72. The van der Waals surface area contributed by atoms with Crippen LogP contribution < -0.4 is 0 Å². The second kappa shape index (κ2) is 5.05. The van der Waals surface area contributed by atoms with Crippen LogP contribution >= 0.6 is 0 Å². The number of methoxy groups -OCH3 is 1. The Morgan fingerprint density at radius 2 is 2.11 bits per heavy atom. The molecule has 1 unspecified atom stereocenters. The summed E-state index contributed by atoms with van der Waals surface area (Å²) in [5, 5.41) is 10.6. The molecule has 4 heteroatoms. The number of carboxylic acids is 1. The van der Waals surface area contributed by atoms with Gasteiger partial charge >= 0.3 is 5.97 Å². The van der Waals surface area contributed by atoms with Gasteiger partial charge in [-0.05, 0) is 31.9 Å². The monoisotopic (exact) mass is 261 g/mol. The first-order valence-corrected chi connectivity index (χ1v) is 6.31. The maximum atomic E-state index is 11.8. The number of aryl methyl sites for hydroxylation is 1. The Bertz CT molecular complexity index is 602. The number of fused-ring (bicyclic) bond motifs is 1. The van der Waals surface area contributed by atoms with Crippen LogP contribution in [0.5, 0.6) is 0 Å². The quantitative estimate of drug-likeness (QED) is 0.870. The van der Waals surface area contributed by atoms with Crippen LogP contribution in [0.2, 0.25) is 0 Å². The second-order valence-corrected chi connectivity index (χ2v) is 5.05. The number of nitrogens with one attached hydrogen (secondary N) is 1. The Kier molecular flexibility index (Phi) is 3.62. The molecule has 0 radical (unpaired) electrons. The van der Waals surface area contributed by atoms with Crippen molar-refractivity contribution in [2.24, 2.45) is 0 Å². The zero-order valence-electron chi connectivity index (χ0n) is 11.5. The maximum absolute atomic E-state index is 11.8. The second-order valence-electron chi connectivity index (χ2n) is 5.05. The summed E-state index contributed by atoms with van der Waals surface area (Å²) < 4.78 is 5.06. The van der Waals surface area contributed by atoms with E-state index in [9.17, 15) is 9.90 Å². The summed E-state index contributed by atoms with van der Waals surface area (Å²) in [5.41, 5.74) is 1.79. The summed E-state index contributed by atoms with van der Waals surface area (Å²) in [5.74, 6) is -0.822. The fraction of sp³-hybridized carbons (Fsp3) is 0.400. The largest absolute Gasteiger partial charge is 0.481 e. The lowest BCUT2D eigenvalue weighted by atomic mass is 9.78. The van der Waals surface area contributed by atoms with E-state index in [0.29, 0.717) is 13.0 Å². The Hall–Kier alpha value is -1.81. The van der Waals surface area contributed by atoms with Gasteiger partial charge in [-0.25, -0.2) is 0 Å². The number of rotatable bonds is 5. The van der Waals surface area contributed by atoms with Crippen LogP contribution in [0.25, 0.3) is 10.9 Å². The lowest BCUT2D eigenvalue weighted by Gasteiger charge is -2.25. The van der Waals surface area contributed by atoms with Crippen molar-refractivity contribution in [1.29, 1.82) is 0 Å². The lowest BCUT2D eigenvalue weighted by Crippen LogP contribution is -2.34. The molecule has 0 saturated heterocycles. The van der Waals surface area contributed by atoms with E-state index >= 15 is 0 Å². The van der Waals surface area contributed by atoms with Gasteiger partial charge in [-0.2, -0.15) is 0 Å². The van der Waals surface area contributed by atoms with Gasteiger partial charge in [0.2, 0.25) is 0 Å². The molecule has 19 heavy (non-hydrogen) atoms. The van der Waals surface area contributed by atoms with E-state index in [1.54, 1.807) is 14.0 Å². The first-order chi connectivity index (χ1) is 9.00. The van der Waals surface area contributed by atoms with Crippen LogP contribution in [-0.4, -0.2) is 29.8 Å². The zero-order valence-corrected chi connectivity index (χ0v) is 11.5. The van der Waals surface area contributed by atoms with Crippen LogP contribution in [0.3, 0.4) is 0 Å². The number of aromatic nitrogens is 1. The molecule has 1 aromatic carbocycles. The molecule has 0 aliphatic rings.